The summed E-state index contributed by atoms with van der Waals surface area (Å²) >= 11 is 1.24. The SMILES string of the molecule is COc1c(C(=O)O)ccc2c1CCCC2(O)c1ncc(-c2cc(C)cc(Nc3cc(C(F)(F)F)ccn3)n2)s1.O=C(O)C(F)(F)F. The molecular weight excluding hydrogens is 646 g/mol. The molecule has 3 aromatic heterocycles. The fourth-order valence-electron chi connectivity index (χ4n) is 4.79. The number of aromatic nitrogens is 3. The second-order valence-corrected chi connectivity index (χ2v) is 11.0. The van der Waals surface area contributed by atoms with Crippen LogP contribution >= 0.6 is 11.3 Å². The molecule has 10 nitrogen and oxygen atoms in total. The van der Waals surface area contributed by atoms with Gasteiger partial charge >= 0.3 is 24.3 Å². The summed E-state index contributed by atoms with van der Waals surface area (Å²) in [6.45, 7) is 1.83. The second kappa shape index (κ2) is 12.9. The summed E-state index contributed by atoms with van der Waals surface area (Å²) in [6, 6.07) is 8.33. The molecule has 1 aromatic carbocycles. The molecule has 0 saturated carbocycles. The Morgan fingerprint density at radius 1 is 1.02 bits per heavy atom. The molecule has 4 aromatic rings. The fourth-order valence-corrected chi connectivity index (χ4v) is 5.80. The number of methoxy groups -OCH3 is 1. The zero-order valence-corrected chi connectivity index (χ0v) is 24.6. The molecule has 0 saturated heterocycles. The zero-order chi connectivity index (χ0) is 34.0. The Labute approximate surface area is 260 Å². The van der Waals surface area contributed by atoms with E-state index < -0.39 is 35.5 Å². The standard InChI is InChI=1S/C27H23F3N4O4S.C2HF3O2/c1-14-10-19(33-22(11-14)34-21-12-15(7-9-31-21)27(28,29)30)20-13-32-25(39-20)26(37)8-3-4-16-18(26)6-5-17(24(35)36)23(16)38-2;3-2(4,5)1(6)7/h5-7,9-13,37H,3-4,8H2,1-2H3,(H,35,36)(H,31,33,34);(H,6,7). The number of carboxylic acids is 2. The molecule has 0 fully saturated rings. The molecule has 5 rings (SSSR count). The molecule has 0 radical (unpaired) electrons. The average molecular weight is 671 g/mol. The molecule has 0 bridgehead atoms. The van der Waals surface area contributed by atoms with Crippen LogP contribution in [0.1, 0.15) is 50.5 Å². The van der Waals surface area contributed by atoms with Crippen LogP contribution in [0.15, 0.2) is 48.8 Å². The number of aryl methyl sites for hydroxylation is 1. The van der Waals surface area contributed by atoms with Crippen molar-refractivity contribution in [1.82, 2.24) is 15.0 Å². The fraction of sp³-hybridized carbons (Fsp3) is 0.276. The van der Waals surface area contributed by atoms with E-state index in [1.54, 1.807) is 18.3 Å². The van der Waals surface area contributed by atoms with E-state index in [0.29, 0.717) is 51.8 Å². The average Bonchev–Trinajstić information content (AvgIpc) is 3.47. The molecule has 4 N–H and O–H groups in total. The number of ether oxygens (including phenoxy) is 1. The molecule has 1 aliphatic rings. The van der Waals surface area contributed by atoms with Crippen LogP contribution in [0.4, 0.5) is 38.0 Å². The first-order chi connectivity index (χ1) is 21.4. The Morgan fingerprint density at radius 3 is 2.33 bits per heavy atom. The highest BCUT2D eigenvalue weighted by atomic mass is 32.1. The number of rotatable bonds is 6. The van der Waals surface area contributed by atoms with Crippen LogP contribution < -0.4 is 10.1 Å². The summed E-state index contributed by atoms with van der Waals surface area (Å²) < 4.78 is 76.5. The van der Waals surface area contributed by atoms with Gasteiger partial charge in [0.25, 0.3) is 0 Å². The van der Waals surface area contributed by atoms with Gasteiger partial charge in [0.15, 0.2) is 0 Å². The van der Waals surface area contributed by atoms with Crippen molar-refractivity contribution in [1.29, 1.82) is 0 Å². The molecule has 17 heteroatoms. The predicted octanol–water partition coefficient (Wildman–Crippen LogP) is 6.58. The third-order valence-corrected chi connectivity index (χ3v) is 7.94. The normalized spacial score (nSPS) is 16.1. The van der Waals surface area contributed by atoms with E-state index in [0.717, 1.165) is 23.9 Å². The molecule has 0 spiro atoms. The molecule has 244 valence electrons. The van der Waals surface area contributed by atoms with E-state index >= 15 is 0 Å². The van der Waals surface area contributed by atoms with Crippen molar-refractivity contribution >= 4 is 34.9 Å². The van der Waals surface area contributed by atoms with Crippen LogP contribution in [0.2, 0.25) is 0 Å². The number of aliphatic hydroxyl groups is 1. The van der Waals surface area contributed by atoms with Crippen molar-refractivity contribution in [3.63, 3.8) is 0 Å². The monoisotopic (exact) mass is 670 g/mol. The number of aliphatic carboxylic acids is 1. The first-order valence-electron chi connectivity index (χ1n) is 13.2. The van der Waals surface area contributed by atoms with Gasteiger partial charge in [-0.05, 0) is 67.6 Å². The largest absolute Gasteiger partial charge is 0.496 e. The van der Waals surface area contributed by atoms with E-state index in [1.807, 2.05) is 13.0 Å². The molecule has 1 unspecified atom stereocenters. The lowest BCUT2D eigenvalue weighted by Crippen LogP contribution is -2.32. The Kier molecular flexibility index (Phi) is 9.58. The molecule has 46 heavy (non-hydrogen) atoms. The van der Waals surface area contributed by atoms with Crippen molar-refractivity contribution in [2.45, 2.75) is 44.1 Å². The summed E-state index contributed by atoms with van der Waals surface area (Å²) in [4.78, 5) is 34.2. The number of aromatic carboxylic acids is 1. The number of nitrogens with one attached hydrogen (secondary N) is 1. The minimum atomic E-state index is -5.08. The Hall–Kier alpha value is -4.77. The number of halogens is 6. The number of carbonyl (C=O) groups is 2. The van der Waals surface area contributed by atoms with Crippen LogP contribution in [-0.2, 0) is 23.0 Å². The van der Waals surface area contributed by atoms with Gasteiger partial charge < -0.3 is 25.4 Å². The third-order valence-electron chi connectivity index (χ3n) is 6.77. The second-order valence-electron chi connectivity index (χ2n) is 9.99. The van der Waals surface area contributed by atoms with Gasteiger partial charge in [0.1, 0.15) is 33.6 Å². The summed E-state index contributed by atoms with van der Waals surface area (Å²) in [5, 5.41) is 31.7. The summed E-state index contributed by atoms with van der Waals surface area (Å²) in [5.41, 5.74) is 0.257. The van der Waals surface area contributed by atoms with Gasteiger partial charge in [0.05, 0.1) is 23.2 Å². The predicted molar refractivity (Wildman–Crippen MR) is 152 cm³/mol. The molecule has 1 atom stereocenters. The molecular formula is C29H24F6N4O6S. The first-order valence-corrected chi connectivity index (χ1v) is 14.0. The van der Waals surface area contributed by atoms with E-state index in [2.05, 4.69) is 20.3 Å². The number of thiazole rings is 1. The molecule has 3 heterocycles. The van der Waals surface area contributed by atoms with E-state index in [4.69, 9.17) is 14.6 Å². The van der Waals surface area contributed by atoms with Crippen molar-refractivity contribution in [3.05, 3.63) is 81.6 Å². The van der Waals surface area contributed by atoms with E-state index in [1.165, 1.54) is 24.5 Å². The maximum absolute atomic E-state index is 13.1. The lowest BCUT2D eigenvalue weighted by atomic mass is 9.78. The lowest BCUT2D eigenvalue weighted by Gasteiger charge is -2.34. The number of pyridine rings is 2. The van der Waals surface area contributed by atoms with Crippen LogP contribution in [0.5, 0.6) is 5.75 Å². The van der Waals surface area contributed by atoms with Gasteiger partial charge in [-0.25, -0.2) is 24.5 Å². The number of hydrogen-bond acceptors (Lipinski definition) is 9. The Morgan fingerprint density at radius 2 is 1.72 bits per heavy atom. The highest BCUT2D eigenvalue weighted by Gasteiger charge is 2.41. The molecule has 1 aliphatic carbocycles. The highest BCUT2D eigenvalue weighted by molar-refractivity contribution is 7.15. The van der Waals surface area contributed by atoms with E-state index in [-0.39, 0.29) is 17.1 Å². The summed E-state index contributed by atoms with van der Waals surface area (Å²) in [7, 11) is 1.40. The quantitative estimate of drug-likeness (QED) is 0.165. The highest BCUT2D eigenvalue weighted by Crippen LogP contribution is 2.46. The lowest BCUT2D eigenvalue weighted by molar-refractivity contribution is -0.192. The van der Waals surface area contributed by atoms with Crippen LogP contribution in [0.3, 0.4) is 0 Å². The number of hydrogen-bond donors (Lipinski definition) is 4. The summed E-state index contributed by atoms with van der Waals surface area (Å²) in [6.07, 6.45) is -5.38. The zero-order valence-electron chi connectivity index (χ0n) is 23.8. The topological polar surface area (TPSA) is 155 Å². The minimum absolute atomic E-state index is 0.00155. The summed E-state index contributed by atoms with van der Waals surface area (Å²) in [5.74, 6) is -3.33. The number of alkyl halides is 6. The van der Waals surface area contributed by atoms with Gasteiger partial charge in [-0.2, -0.15) is 26.3 Å². The number of nitrogens with zero attached hydrogens (tertiary/aromatic N) is 3. The van der Waals surface area contributed by atoms with Gasteiger partial charge in [0, 0.05) is 18.0 Å². The maximum Gasteiger partial charge on any atom is 0.490 e. The van der Waals surface area contributed by atoms with Gasteiger partial charge in [0.2, 0.25) is 0 Å². The van der Waals surface area contributed by atoms with Crippen LogP contribution in [0, 0.1) is 6.92 Å². The number of fused-ring (bicyclic) bond motifs is 1. The van der Waals surface area contributed by atoms with Gasteiger partial charge in [-0.1, -0.05) is 6.07 Å². The van der Waals surface area contributed by atoms with Crippen molar-refractivity contribution in [2.75, 3.05) is 12.4 Å². The van der Waals surface area contributed by atoms with Gasteiger partial charge in [-0.15, -0.1) is 11.3 Å². The smallest absolute Gasteiger partial charge is 0.490 e. The number of benzene rings is 1. The third kappa shape index (κ3) is 7.37. The number of anilines is 2. The minimum Gasteiger partial charge on any atom is -0.496 e. The van der Waals surface area contributed by atoms with Crippen molar-refractivity contribution in [2.24, 2.45) is 0 Å². The Balaban J connectivity index is 0.000000617. The van der Waals surface area contributed by atoms with E-state index in [9.17, 15) is 41.4 Å². The van der Waals surface area contributed by atoms with Crippen molar-refractivity contribution in [3.8, 4) is 16.3 Å². The van der Waals surface area contributed by atoms with Crippen molar-refractivity contribution < 1.29 is 56.0 Å². The van der Waals surface area contributed by atoms with Crippen LogP contribution in [-0.4, -0.2) is 55.5 Å². The van der Waals surface area contributed by atoms with Gasteiger partial charge in [-0.3, -0.25) is 0 Å². The Bertz CT molecular complexity index is 1780. The maximum atomic E-state index is 13.1. The van der Waals surface area contributed by atoms with Crippen LogP contribution in [0.25, 0.3) is 10.6 Å². The molecule has 0 amide bonds. The molecule has 0 aliphatic heterocycles. The first kappa shape index (κ1) is 34.1. The number of carboxylic acid groups (broad SMARTS) is 2.